The maximum Gasteiger partial charge on any atom is 0.356 e. The first kappa shape index (κ1) is 15.1. The molecule has 2 aliphatic rings. The van der Waals surface area contributed by atoms with Crippen LogP contribution in [0.15, 0.2) is 24.7 Å². The van der Waals surface area contributed by atoms with Gasteiger partial charge in [-0.25, -0.2) is 14.8 Å². The molecule has 0 aromatic carbocycles. The van der Waals surface area contributed by atoms with E-state index < -0.39 is 5.97 Å². The van der Waals surface area contributed by atoms with Crippen molar-refractivity contribution in [1.82, 2.24) is 14.5 Å². The Kier molecular flexibility index (Phi) is 3.53. The molecule has 24 heavy (non-hydrogen) atoms. The van der Waals surface area contributed by atoms with Crippen LogP contribution >= 0.6 is 0 Å². The maximum absolute atomic E-state index is 10.9. The van der Waals surface area contributed by atoms with E-state index in [4.69, 9.17) is 10.1 Å². The molecule has 1 aliphatic heterocycles. The van der Waals surface area contributed by atoms with Gasteiger partial charge in [0.15, 0.2) is 5.69 Å². The van der Waals surface area contributed by atoms with Crippen LogP contribution in [0, 0.1) is 24.7 Å². The van der Waals surface area contributed by atoms with Crippen LogP contribution in [0.3, 0.4) is 0 Å². The van der Waals surface area contributed by atoms with E-state index >= 15 is 0 Å². The highest BCUT2D eigenvalue weighted by atomic mass is 16.4. The minimum atomic E-state index is -1.02. The lowest BCUT2D eigenvalue weighted by Gasteiger charge is -2.21. The molecule has 2 fully saturated rings. The molecular formula is C17H20N4O3. The van der Waals surface area contributed by atoms with Gasteiger partial charge in [0.25, 0.3) is 0 Å². The number of carbonyl (C=O) groups is 1. The van der Waals surface area contributed by atoms with Crippen LogP contribution in [0.2, 0.25) is 0 Å². The molecule has 2 aromatic rings. The van der Waals surface area contributed by atoms with Gasteiger partial charge >= 0.3 is 5.97 Å². The summed E-state index contributed by atoms with van der Waals surface area (Å²) in [6.45, 7) is 4.78. The van der Waals surface area contributed by atoms with Crippen molar-refractivity contribution < 1.29 is 15.0 Å². The Hall–Kier alpha value is -2.41. The molecule has 126 valence electrons. The van der Waals surface area contributed by atoms with E-state index in [0.717, 1.165) is 30.2 Å². The van der Waals surface area contributed by atoms with Crippen molar-refractivity contribution in [3.05, 3.63) is 41.6 Å². The fraction of sp³-hybridized carbons (Fsp3) is 0.471. The molecule has 0 bridgehead atoms. The van der Waals surface area contributed by atoms with E-state index in [-0.39, 0.29) is 5.69 Å². The summed E-state index contributed by atoms with van der Waals surface area (Å²) in [6, 6.07) is 4.07. The predicted molar refractivity (Wildman–Crippen MR) is 87.0 cm³/mol. The van der Waals surface area contributed by atoms with Gasteiger partial charge in [0, 0.05) is 31.6 Å². The van der Waals surface area contributed by atoms with E-state index in [0.29, 0.717) is 30.9 Å². The number of imidazole rings is 1. The number of aliphatic hydroxyl groups excluding tert-OH is 1. The van der Waals surface area contributed by atoms with E-state index in [2.05, 4.69) is 9.88 Å². The van der Waals surface area contributed by atoms with E-state index in [1.165, 1.54) is 12.5 Å². The Morgan fingerprint density at radius 2 is 2.08 bits per heavy atom. The van der Waals surface area contributed by atoms with Gasteiger partial charge in [-0.05, 0) is 36.3 Å². The normalized spacial score (nSPS) is 24.9. The molecule has 2 aromatic heterocycles. The number of piperidine rings is 1. The summed E-state index contributed by atoms with van der Waals surface area (Å²) >= 11 is 0. The molecule has 2 N–H and O–H groups in total. The third-order valence-electron chi connectivity index (χ3n) is 5.29. The Bertz CT molecular complexity index is 776. The summed E-state index contributed by atoms with van der Waals surface area (Å²) in [5.41, 5.74) is 2.04. The zero-order valence-corrected chi connectivity index (χ0v) is 13.5. The van der Waals surface area contributed by atoms with Gasteiger partial charge in [0.2, 0.25) is 0 Å². The maximum atomic E-state index is 10.9. The van der Waals surface area contributed by atoms with Crippen molar-refractivity contribution in [3.63, 3.8) is 0 Å². The van der Waals surface area contributed by atoms with Gasteiger partial charge in [-0.15, -0.1) is 0 Å². The first-order chi connectivity index (χ1) is 11.6. The fourth-order valence-electron chi connectivity index (χ4n) is 3.78. The number of aromatic carboxylic acids is 1. The standard InChI is InChI=1S/C17H20N4O3/c1-10-11(4-20-7-15(17(23)24)18-9-20)2-3-16(19-10)21-5-12-13(6-21)14(12)8-22/h2-3,7,9,12-14,22H,4-6,8H2,1H3,(H,23,24)/t12-,13+,14-. The second-order valence-electron chi connectivity index (χ2n) is 6.73. The number of carboxylic acids is 1. The molecule has 0 spiro atoms. The lowest BCUT2D eigenvalue weighted by Crippen LogP contribution is -2.25. The number of aliphatic hydroxyl groups is 1. The van der Waals surface area contributed by atoms with E-state index in [1.54, 1.807) is 4.57 Å². The summed E-state index contributed by atoms with van der Waals surface area (Å²) in [5.74, 6) is 1.70. The molecule has 0 amide bonds. The van der Waals surface area contributed by atoms with Crippen molar-refractivity contribution in [3.8, 4) is 0 Å². The molecule has 1 saturated carbocycles. The van der Waals surface area contributed by atoms with Crippen LogP contribution in [-0.2, 0) is 6.54 Å². The molecule has 1 aliphatic carbocycles. The lowest BCUT2D eigenvalue weighted by atomic mass is 10.2. The zero-order valence-electron chi connectivity index (χ0n) is 13.5. The Morgan fingerprint density at radius 3 is 2.67 bits per heavy atom. The molecule has 4 rings (SSSR count). The number of aromatic nitrogens is 3. The largest absolute Gasteiger partial charge is 0.476 e. The second kappa shape index (κ2) is 5.59. The predicted octanol–water partition coefficient (Wildman–Crippen LogP) is 1.01. The number of anilines is 1. The lowest BCUT2D eigenvalue weighted by molar-refractivity contribution is 0.0691. The van der Waals surface area contributed by atoms with Crippen LogP contribution in [0.4, 0.5) is 5.82 Å². The highest BCUT2D eigenvalue weighted by Crippen LogP contribution is 2.51. The van der Waals surface area contributed by atoms with Crippen molar-refractivity contribution in [1.29, 1.82) is 0 Å². The molecular weight excluding hydrogens is 308 g/mol. The molecule has 7 nitrogen and oxygen atoms in total. The van der Waals surface area contributed by atoms with Crippen molar-refractivity contribution in [2.45, 2.75) is 13.5 Å². The van der Waals surface area contributed by atoms with Crippen LogP contribution in [0.25, 0.3) is 0 Å². The number of fused-ring (bicyclic) bond motifs is 1. The summed E-state index contributed by atoms with van der Waals surface area (Å²) in [5, 5.41) is 18.2. The highest BCUT2D eigenvalue weighted by Gasteiger charge is 2.55. The smallest absolute Gasteiger partial charge is 0.356 e. The Balaban J connectivity index is 1.45. The molecule has 3 heterocycles. The Labute approximate surface area is 139 Å². The summed E-state index contributed by atoms with van der Waals surface area (Å²) in [7, 11) is 0. The minimum absolute atomic E-state index is 0.0481. The van der Waals surface area contributed by atoms with Crippen molar-refractivity contribution in [2.24, 2.45) is 17.8 Å². The topological polar surface area (TPSA) is 91.5 Å². The van der Waals surface area contributed by atoms with Gasteiger partial charge in [0.05, 0.1) is 12.9 Å². The van der Waals surface area contributed by atoms with Crippen LogP contribution < -0.4 is 4.90 Å². The quantitative estimate of drug-likeness (QED) is 0.851. The van der Waals surface area contributed by atoms with Gasteiger partial charge in [-0.3, -0.25) is 0 Å². The summed E-state index contributed by atoms with van der Waals surface area (Å²) in [6.07, 6.45) is 3.05. The number of pyridine rings is 1. The zero-order chi connectivity index (χ0) is 16.8. The summed E-state index contributed by atoms with van der Waals surface area (Å²) < 4.78 is 1.75. The number of carboxylic acid groups (broad SMARTS) is 1. The number of hydrogen-bond acceptors (Lipinski definition) is 5. The minimum Gasteiger partial charge on any atom is -0.476 e. The number of aryl methyl sites for hydroxylation is 1. The number of rotatable bonds is 5. The number of nitrogens with zero attached hydrogens (tertiary/aromatic N) is 4. The highest BCUT2D eigenvalue weighted by molar-refractivity contribution is 5.84. The van der Waals surface area contributed by atoms with Gasteiger partial charge in [-0.2, -0.15) is 0 Å². The van der Waals surface area contributed by atoms with Crippen LogP contribution in [-0.4, -0.2) is 50.4 Å². The molecule has 7 heteroatoms. The molecule has 0 radical (unpaired) electrons. The average molecular weight is 328 g/mol. The van der Waals surface area contributed by atoms with Crippen molar-refractivity contribution in [2.75, 3.05) is 24.6 Å². The fourth-order valence-corrected chi connectivity index (χ4v) is 3.78. The van der Waals surface area contributed by atoms with Gasteiger partial charge in [0.1, 0.15) is 5.82 Å². The van der Waals surface area contributed by atoms with Gasteiger partial charge < -0.3 is 19.7 Å². The third-order valence-corrected chi connectivity index (χ3v) is 5.29. The first-order valence-corrected chi connectivity index (χ1v) is 8.14. The average Bonchev–Trinajstić information content (AvgIpc) is 2.95. The molecule has 0 unspecified atom stereocenters. The van der Waals surface area contributed by atoms with Crippen molar-refractivity contribution >= 4 is 11.8 Å². The third kappa shape index (κ3) is 2.54. The number of hydrogen-bond donors (Lipinski definition) is 2. The van der Waals surface area contributed by atoms with E-state index in [9.17, 15) is 9.90 Å². The van der Waals surface area contributed by atoms with Crippen LogP contribution in [0.5, 0.6) is 0 Å². The molecule has 3 atom stereocenters. The monoisotopic (exact) mass is 328 g/mol. The van der Waals surface area contributed by atoms with Crippen LogP contribution in [0.1, 0.15) is 21.7 Å². The molecule has 1 saturated heterocycles. The SMILES string of the molecule is Cc1nc(N2C[C@@H]3[C@H](CO)[C@@H]3C2)ccc1Cn1cnc(C(=O)O)c1. The van der Waals surface area contributed by atoms with E-state index in [1.807, 2.05) is 19.1 Å². The first-order valence-electron chi connectivity index (χ1n) is 8.14. The summed E-state index contributed by atoms with van der Waals surface area (Å²) in [4.78, 5) is 21.8. The van der Waals surface area contributed by atoms with Gasteiger partial charge in [-0.1, -0.05) is 6.07 Å². The Morgan fingerprint density at radius 1 is 1.33 bits per heavy atom. The second-order valence-corrected chi connectivity index (χ2v) is 6.73.